The molecule has 0 aliphatic heterocycles. The maximum Gasteiger partial charge on any atom is 0.161 e. The van der Waals surface area contributed by atoms with Crippen molar-refractivity contribution in [1.29, 1.82) is 0 Å². The van der Waals surface area contributed by atoms with Crippen LogP contribution in [-0.2, 0) is 6.42 Å². The molecule has 9 nitrogen and oxygen atoms in total. The molecule has 2 aliphatic rings. The third kappa shape index (κ3) is 8.96. The van der Waals surface area contributed by atoms with Gasteiger partial charge >= 0.3 is 0 Å². The zero-order valence-corrected chi connectivity index (χ0v) is 27.0. The van der Waals surface area contributed by atoms with Crippen LogP contribution in [0.25, 0.3) is 0 Å². The number of rotatable bonds is 11. The number of nitrogens with zero attached hydrogens (tertiary/aromatic N) is 2. The minimum atomic E-state index is -1.23. The number of aromatic nitrogens is 2. The Kier molecular flexibility index (Phi) is 12.0. The molecular weight excluding hydrogens is 594 g/mol. The number of ether oxygens (including phenoxy) is 1. The lowest BCUT2D eigenvalue weighted by molar-refractivity contribution is -0.00876. The van der Waals surface area contributed by atoms with Crippen LogP contribution in [0.3, 0.4) is 0 Å². The predicted octanol–water partition coefficient (Wildman–Crippen LogP) is 4.45. The van der Waals surface area contributed by atoms with Crippen LogP contribution in [-0.4, -0.2) is 61.5 Å². The first-order chi connectivity index (χ1) is 22.7. The molecule has 9 heteroatoms. The van der Waals surface area contributed by atoms with Crippen LogP contribution in [0, 0.1) is 29.6 Å². The number of aliphatic hydroxyl groups is 4. The number of hydrogen-bond donors (Lipinski definition) is 6. The van der Waals surface area contributed by atoms with Gasteiger partial charge in [0, 0.05) is 29.9 Å². The largest absolute Gasteiger partial charge is 0.668 e. The number of pyridine rings is 1. The van der Waals surface area contributed by atoms with Gasteiger partial charge in [0.2, 0.25) is 0 Å². The second-order valence-electron chi connectivity index (χ2n) is 13.1. The summed E-state index contributed by atoms with van der Waals surface area (Å²) in [5, 5.41) is 54.4. The predicted molar refractivity (Wildman–Crippen MR) is 181 cm³/mol. The van der Waals surface area contributed by atoms with Crippen LogP contribution in [0.2, 0.25) is 0 Å². The van der Waals surface area contributed by atoms with Gasteiger partial charge in [0.25, 0.3) is 0 Å². The molecule has 7 N–H and O–H groups in total. The van der Waals surface area contributed by atoms with Gasteiger partial charge in [0.15, 0.2) is 11.5 Å². The Morgan fingerprint density at radius 3 is 2.64 bits per heavy atom. The fraction of sp³-hybridized carbons (Fsp3) is 0.500. The van der Waals surface area contributed by atoms with E-state index in [1.165, 1.54) is 0 Å². The molecule has 5 rings (SSSR count). The normalized spacial score (nSPS) is 26.6. The number of allylic oxidation sites excluding steroid dienone is 2. The number of nitrogens with two attached hydrogens (primary N) is 1. The number of anilines is 1. The fourth-order valence-corrected chi connectivity index (χ4v) is 7.00. The van der Waals surface area contributed by atoms with Gasteiger partial charge in [-0.25, -0.2) is 4.98 Å². The number of phenols is 1. The minimum absolute atomic E-state index is 0.106. The molecule has 2 heterocycles. The zero-order valence-electron chi connectivity index (χ0n) is 27.0. The summed E-state index contributed by atoms with van der Waals surface area (Å²) in [4.78, 5) is 8.53. The standard InChI is InChI=1S/C38H48N3O6/c1-2-24-6-3-4-8-32(44)38-25(10-9-24)11-12-26(19-33(38)45)27-13-14-31(43)35(20-27)47-36(34(46)23-42)21-29(18-30-7-5-16-40-30)28-15-17-41-37(39)22-28/h5,7,11-17,20,22,24-26,29,32-34,36,38,42-46H,2-4,6,8,18-19,21,23H2,1H3,(H2,39,41)/q-1/t24-,25+,26-,29-,32-,33+,34+,36+,38+/m0/s1. The number of aromatic hydroxyl groups is 1. The second kappa shape index (κ2) is 16.3. The number of phenolic OH excluding ortho intramolecular Hbond substituents is 1. The average molecular weight is 643 g/mol. The summed E-state index contributed by atoms with van der Waals surface area (Å²) in [7, 11) is 0. The SMILES string of the molecule is CC[C@@H]1C#C[C@@H]2C=C[C@H](c3ccc(O)c(O[C@H](C[C@H](Cc4ccc[n-]4)c4ccnc(N)c4)[C@H](O)CO)c3)C[C@@H](O)[C@H]2[C@@H](O)CCCC1. The van der Waals surface area contributed by atoms with E-state index in [1.807, 2.05) is 30.4 Å². The molecule has 3 aromatic rings. The molecule has 47 heavy (non-hydrogen) atoms. The van der Waals surface area contributed by atoms with Crippen LogP contribution in [0.1, 0.15) is 80.5 Å². The molecule has 0 bridgehead atoms. The van der Waals surface area contributed by atoms with Crippen molar-refractivity contribution in [3.8, 4) is 23.3 Å². The molecule has 2 aliphatic carbocycles. The van der Waals surface area contributed by atoms with E-state index >= 15 is 0 Å². The highest BCUT2D eigenvalue weighted by atomic mass is 16.5. The van der Waals surface area contributed by atoms with Crippen LogP contribution in [0.15, 0.2) is 67.0 Å². The highest BCUT2D eigenvalue weighted by molar-refractivity contribution is 5.44. The number of benzene rings is 1. The van der Waals surface area contributed by atoms with Gasteiger partial charge in [-0.2, -0.15) is 11.9 Å². The topological polar surface area (TPSA) is 163 Å². The highest BCUT2D eigenvalue weighted by Crippen LogP contribution is 2.40. The monoisotopic (exact) mass is 642 g/mol. The van der Waals surface area contributed by atoms with E-state index < -0.39 is 36.9 Å². The van der Waals surface area contributed by atoms with E-state index in [1.54, 1.807) is 36.7 Å². The van der Waals surface area contributed by atoms with E-state index in [0.29, 0.717) is 37.4 Å². The van der Waals surface area contributed by atoms with Crippen molar-refractivity contribution < 1.29 is 30.3 Å². The molecule has 252 valence electrons. The Morgan fingerprint density at radius 1 is 1.06 bits per heavy atom. The van der Waals surface area contributed by atoms with Crippen molar-refractivity contribution in [2.75, 3.05) is 12.3 Å². The maximum absolute atomic E-state index is 11.5. The molecule has 2 aromatic heterocycles. The van der Waals surface area contributed by atoms with Gasteiger partial charge in [0.05, 0.1) is 18.8 Å². The van der Waals surface area contributed by atoms with Crippen molar-refractivity contribution in [2.45, 2.75) is 94.5 Å². The third-order valence-electron chi connectivity index (χ3n) is 9.77. The van der Waals surface area contributed by atoms with Gasteiger partial charge in [-0.05, 0) is 79.8 Å². The molecule has 0 radical (unpaired) electrons. The fourth-order valence-electron chi connectivity index (χ4n) is 7.00. The number of fused-ring (bicyclic) bond motifs is 1. The molecule has 0 spiro atoms. The first-order valence-electron chi connectivity index (χ1n) is 16.9. The van der Waals surface area contributed by atoms with E-state index in [4.69, 9.17) is 10.5 Å². The summed E-state index contributed by atoms with van der Waals surface area (Å²) < 4.78 is 6.31. The Labute approximate surface area is 277 Å². The molecule has 0 saturated heterocycles. The Morgan fingerprint density at radius 2 is 1.89 bits per heavy atom. The van der Waals surface area contributed by atoms with Crippen molar-refractivity contribution in [3.63, 3.8) is 0 Å². The van der Waals surface area contributed by atoms with Crippen LogP contribution in [0.4, 0.5) is 5.82 Å². The molecule has 9 atom stereocenters. The molecule has 0 saturated carbocycles. The summed E-state index contributed by atoms with van der Waals surface area (Å²) in [5.74, 6) is 6.48. The van der Waals surface area contributed by atoms with E-state index in [-0.39, 0.29) is 29.3 Å². The van der Waals surface area contributed by atoms with E-state index in [9.17, 15) is 25.5 Å². The number of hydrogen-bond acceptors (Lipinski definition) is 8. The summed E-state index contributed by atoms with van der Waals surface area (Å²) >= 11 is 0. The van der Waals surface area contributed by atoms with Gasteiger partial charge in [-0.1, -0.05) is 62.0 Å². The Bertz CT molecular complexity index is 1520. The Balaban J connectivity index is 1.40. The van der Waals surface area contributed by atoms with Crippen LogP contribution < -0.4 is 15.5 Å². The quantitative estimate of drug-likeness (QED) is 0.131. The summed E-state index contributed by atoms with van der Waals surface area (Å²) in [6.07, 6.45) is 9.61. The molecular formula is C38H48N3O6-. The van der Waals surface area contributed by atoms with Gasteiger partial charge in [-0.15, -0.1) is 0 Å². The van der Waals surface area contributed by atoms with E-state index in [0.717, 1.165) is 42.5 Å². The van der Waals surface area contributed by atoms with Crippen molar-refractivity contribution in [3.05, 3.63) is 83.8 Å². The molecule has 1 aromatic carbocycles. The van der Waals surface area contributed by atoms with Crippen molar-refractivity contribution in [2.24, 2.45) is 17.8 Å². The maximum atomic E-state index is 11.5. The lowest BCUT2D eigenvalue weighted by atomic mass is 9.79. The Hall–Kier alpha value is -3.81. The van der Waals surface area contributed by atoms with Crippen molar-refractivity contribution >= 4 is 5.82 Å². The van der Waals surface area contributed by atoms with Gasteiger partial charge in [0.1, 0.15) is 18.0 Å². The molecule has 0 unspecified atom stereocenters. The van der Waals surface area contributed by atoms with Crippen LogP contribution in [0.5, 0.6) is 11.5 Å². The number of aliphatic hydroxyl groups excluding tert-OH is 4. The average Bonchev–Trinajstić information content (AvgIpc) is 3.52. The van der Waals surface area contributed by atoms with Crippen molar-refractivity contribution in [1.82, 2.24) is 9.97 Å². The summed E-state index contributed by atoms with van der Waals surface area (Å²) in [6, 6.07) is 12.5. The molecule has 0 fully saturated rings. The minimum Gasteiger partial charge on any atom is -0.668 e. The van der Waals surface area contributed by atoms with E-state index in [2.05, 4.69) is 28.7 Å². The van der Waals surface area contributed by atoms with Crippen LogP contribution >= 0.6 is 0 Å². The summed E-state index contributed by atoms with van der Waals surface area (Å²) in [5.41, 5.74) is 8.57. The smallest absolute Gasteiger partial charge is 0.161 e. The lowest BCUT2D eigenvalue weighted by Gasteiger charge is -2.31. The first kappa shape index (κ1) is 34.5. The molecule has 0 amide bonds. The van der Waals surface area contributed by atoms with Gasteiger partial charge in [-0.3, -0.25) is 0 Å². The van der Waals surface area contributed by atoms with Gasteiger partial charge < -0.3 is 41.0 Å². The zero-order chi connectivity index (χ0) is 33.3. The lowest BCUT2D eigenvalue weighted by Crippen LogP contribution is -2.37. The third-order valence-corrected chi connectivity index (χ3v) is 9.77. The summed E-state index contributed by atoms with van der Waals surface area (Å²) in [6.45, 7) is 1.61. The first-order valence-corrected chi connectivity index (χ1v) is 16.9. The number of nitrogen functional groups attached to an aromatic ring is 1. The second-order valence-corrected chi connectivity index (χ2v) is 13.1. The highest BCUT2D eigenvalue weighted by Gasteiger charge is 2.36.